The molecule has 0 saturated carbocycles. The molecule has 1 aliphatic rings. The summed E-state index contributed by atoms with van der Waals surface area (Å²) in [5.74, 6) is 0.586. The summed E-state index contributed by atoms with van der Waals surface area (Å²) in [5, 5.41) is 3.63. The summed E-state index contributed by atoms with van der Waals surface area (Å²) in [6, 6.07) is 12.5. The largest absolute Gasteiger partial charge is 0.494 e. The third-order valence-electron chi connectivity index (χ3n) is 4.39. The number of fused-ring (bicyclic) bond motifs is 2. The van der Waals surface area contributed by atoms with Crippen molar-refractivity contribution in [2.45, 2.75) is 0 Å². The lowest BCUT2D eigenvalue weighted by Gasteiger charge is -2.29. The van der Waals surface area contributed by atoms with E-state index in [1.807, 2.05) is 6.07 Å². The summed E-state index contributed by atoms with van der Waals surface area (Å²) < 4.78 is 11.6. The van der Waals surface area contributed by atoms with Gasteiger partial charge in [-0.3, -0.25) is 19.5 Å². The Bertz CT molecular complexity index is 1090. The normalized spacial score (nSPS) is 13.1. The van der Waals surface area contributed by atoms with E-state index in [9.17, 15) is 9.59 Å². The first-order chi connectivity index (χ1) is 13.6. The molecule has 0 unspecified atom stereocenters. The molecule has 2 amide bonds. The number of amides is 2. The van der Waals surface area contributed by atoms with E-state index < -0.39 is 0 Å². The van der Waals surface area contributed by atoms with Crippen molar-refractivity contribution in [2.24, 2.45) is 0 Å². The molecule has 0 radical (unpaired) electrons. The topological polar surface area (TPSA) is 80.8 Å². The summed E-state index contributed by atoms with van der Waals surface area (Å²) in [7, 11) is 1.57. The zero-order chi connectivity index (χ0) is 19.7. The molecular weight excluding hydrogens is 426 g/mol. The fourth-order valence-electron chi connectivity index (χ4n) is 3.11. The fourth-order valence-corrected chi connectivity index (χ4v) is 3.45. The van der Waals surface area contributed by atoms with E-state index in [4.69, 9.17) is 9.47 Å². The highest BCUT2D eigenvalue weighted by atomic mass is 79.9. The number of hydrogen-bond acceptors (Lipinski definition) is 5. The number of hydrogen-bond donors (Lipinski definition) is 1. The van der Waals surface area contributed by atoms with Gasteiger partial charge in [0.1, 0.15) is 23.6 Å². The van der Waals surface area contributed by atoms with Gasteiger partial charge < -0.3 is 14.8 Å². The highest BCUT2D eigenvalue weighted by Crippen LogP contribution is 2.34. The number of pyridine rings is 1. The second-order valence-electron chi connectivity index (χ2n) is 6.14. The molecule has 1 aromatic heterocycles. The van der Waals surface area contributed by atoms with Crippen molar-refractivity contribution in [2.75, 3.05) is 30.5 Å². The Balaban J connectivity index is 1.59. The van der Waals surface area contributed by atoms with Crippen LogP contribution >= 0.6 is 15.9 Å². The Hall–Kier alpha value is -3.13. The van der Waals surface area contributed by atoms with Crippen molar-refractivity contribution < 1.29 is 19.1 Å². The molecule has 0 aliphatic carbocycles. The molecule has 2 heterocycles. The van der Waals surface area contributed by atoms with E-state index in [1.165, 1.54) is 4.90 Å². The number of anilines is 2. The van der Waals surface area contributed by atoms with Crippen LogP contribution in [-0.2, 0) is 9.59 Å². The highest BCUT2D eigenvalue weighted by molar-refractivity contribution is 9.10. The molecule has 142 valence electrons. The quantitative estimate of drug-likeness (QED) is 0.671. The van der Waals surface area contributed by atoms with Crippen molar-refractivity contribution >= 4 is 50.0 Å². The lowest BCUT2D eigenvalue weighted by molar-refractivity contribution is -0.123. The number of ether oxygens (including phenoxy) is 2. The average molecular weight is 442 g/mol. The number of rotatable bonds is 4. The van der Waals surface area contributed by atoms with E-state index in [0.29, 0.717) is 28.4 Å². The van der Waals surface area contributed by atoms with Gasteiger partial charge in [-0.25, -0.2) is 0 Å². The maximum Gasteiger partial charge on any atom is 0.265 e. The number of nitrogens with zero attached hydrogens (tertiary/aromatic N) is 2. The van der Waals surface area contributed by atoms with Crippen molar-refractivity contribution in [3.8, 4) is 11.5 Å². The van der Waals surface area contributed by atoms with Gasteiger partial charge in [-0.2, -0.15) is 0 Å². The van der Waals surface area contributed by atoms with Gasteiger partial charge in [0.2, 0.25) is 5.91 Å². The molecule has 0 saturated heterocycles. The van der Waals surface area contributed by atoms with Crippen LogP contribution in [0, 0.1) is 0 Å². The van der Waals surface area contributed by atoms with Gasteiger partial charge in [-0.05, 0) is 42.5 Å². The molecule has 0 spiro atoms. The molecule has 0 fully saturated rings. The van der Waals surface area contributed by atoms with Gasteiger partial charge in [0.15, 0.2) is 6.61 Å². The van der Waals surface area contributed by atoms with Gasteiger partial charge >= 0.3 is 0 Å². The van der Waals surface area contributed by atoms with Crippen molar-refractivity contribution in [3.05, 3.63) is 53.1 Å². The van der Waals surface area contributed by atoms with Crippen LogP contribution < -0.4 is 19.7 Å². The maximum absolute atomic E-state index is 12.7. The molecule has 8 heteroatoms. The van der Waals surface area contributed by atoms with E-state index in [-0.39, 0.29) is 25.0 Å². The number of nitrogens with one attached hydrogen (secondary N) is 1. The van der Waals surface area contributed by atoms with Gasteiger partial charge in [0, 0.05) is 16.1 Å². The summed E-state index contributed by atoms with van der Waals surface area (Å²) in [4.78, 5) is 30.7. The Morgan fingerprint density at radius 2 is 2.18 bits per heavy atom. The number of carbonyl (C=O) groups excluding carboxylic acids is 2. The summed E-state index contributed by atoms with van der Waals surface area (Å²) in [5.41, 5.74) is 1.82. The molecule has 1 aliphatic heterocycles. The number of halogens is 1. The first-order valence-corrected chi connectivity index (χ1v) is 9.30. The molecule has 4 rings (SSSR count). The van der Waals surface area contributed by atoms with Crippen LogP contribution in [0.2, 0.25) is 0 Å². The van der Waals surface area contributed by atoms with Crippen LogP contribution in [0.15, 0.2) is 53.1 Å². The molecule has 28 heavy (non-hydrogen) atoms. The van der Waals surface area contributed by atoms with Crippen LogP contribution in [0.3, 0.4) is 0 Å². The van der Waals surface area contributed by atoms with Crippen LogP contribution in [0.5, 0.6) is 11.5 Å². The third kappa shape index (κ3) is 3.38. The Morgan fingerprint density at radius 1 is 1.32 bits per heavy atom. The minimum Gasteiger partial charge on any atom is -0.494 e. The summed E-state index contributed by atoms with van der Waals surface area (Å²) in [6.45, 7) is -0.225. The number of methoxy groups -OCH3 is 1. The van der Waals surface area contributed by atoms with Crippen LogP contribution in [-0.4, -0.2) is 37.1 Å². The standard InChI is InChI=1S/C20H16BrN3O4/c1-27-16-7-5-14(13-3-2-8-22-20(13)16)23-18(25)10-24-15-6-4-12(21)9-17(15)28-11-19(24)26/h2-9H,10-11H2,1H3,(H,23,25). The lowest BCUT2D eigenvalue weighted by Crippen LogP contribution is -2.43. The molecular formula is C20H16BrN3O4. The zero-order valence-corrected chi connectivity index (χ0v) is 16.5. The van der Waals surface area contributed by atoms with Crippen molar-refractivity contribution in [1.82, 2.24) is 4.98 Å². The minimum absolute atomic E-state index is 0.105. The number of carbonyl (C=O) groups is 2. The smallest absolute Gasteiger partial charge is 0.265 e. The fraction of sp³-hybridized carbons (Fsp3) is 0.150. The second kappa shape index (κ2) is 7.47. The van der Waals surface area contributed by atoms with Gasteiger partial charge in [0.25, 0.3) is 5.91 Å². The summed E-state index contributed by atoms with van der Waals surface area (Å²) in [6.07, 6.45) is 1.66. The molecule has 1 N–H and O–H groups in total. The molecule has 0 bridgehead atoms. The average Bonchev–Trinajstić information content (AvgIpc) is 2.70. The number of aromatic nitrogens is 1. The maximum atomic E-state index is 12.7. The highest BCUT2D eigenvalue weighted by Gasteiger charge is 2.27. The monoisotopic (exact) mass is 441 g/mol. The predicted molar refractivity (Wildman–Crippen MR) is 109 cm³/mol. The first-order valence-electron chi connectivity index (χ1n) is 8.51. The van der Waals surface area contributed by atoms with Crippen LogP contribution in [0.1, 0.15) is 0 Å². The van der Waals surface area contributed by atoms with E-state index in [1.54, 1.807) is 49.7 Å². The van der Waals surface area contributed by atoms with Crippen molar-refractivity contribution in [3.63, 3.8) is 0 Å². The second-order valence-corrected chi connectivity index (χ2v) is 7.06. The van der Waals surface area contributed by atoms with Gasteiger partial charge in [-0.15, -0.1) is 0 Å². The van der Waals surface area contributed by atoms with E-state index in [0.717, 1.165) is 9.86 Å². The van der Waals surface area contributed by atoms with Crippen molar-refractivity contribution in [1.29, 1.82) is 0 Å². The predicted octanol–water partition coefficient (Wildman–Crippen LogP) is 3.37. The Kier molecular flexibility index (Phi) is 4.87. The first kappa shape index (κ1) is 18.2. The molecule has 0 atom stereocenters. The number of benzene rings is 2. The lowest BCUT2D eigenvalue weighted by atomic mass is 10.1. The van der Waals surface area contributed by atoms with Gasteiger partial charge in [-0.1, -0.05) is 15.9 Å². The third-order valence-corrected chi connectivity index (χ3v) is 4.89. The molecule has 3 aromatic rings. The Morgan fingerprint density at radius 3 is 3.00 bits per heavy atom. The molecule has 2 aromatic carbocycles. The minimum atomic E-state index is -0.320. The molecule has 7 nitrogen and oxygen atoms in total. The van der Waals surface area contributed by atoms with Crippen LogP contribution in [0.4, 0.5) is 11.4 Å². The van der Waals surface area contributed by atoms with Gasteiger partial charge in [0.05, 0.1) is 18.5 Å². The Labute approximate surface area is 169 Å². The zero-order valence-electron chi connectivity index (χ0n) is 14.9. The van der Waals surface area contributed by atoms with E-state index >= 15 is 0 Å². The van der Waals surface area contributed by atoms with E-state index in [2.05, 4.69) is 26.2 Å². The summed E-state index contributed by atoms with van der Waals surface area (Å²) >= 11 is 3.38. The van der Waals surface area contributed by atoms with Crippen LogP contribution in [0.25, 0.3) is 10.9 Å². The SMILES string of the molecule is COc1ccc(NC(=O)CN2C(=O)COc3cc(Br)ccc32)c2cccnc12.